The number of anilines is 1. The number of benzene rings is 3. The second-order valence-electron chi connectivity index (χ2n) is 6.64. The molecule has 0 aliphatic rings. The van der Waals surface area contributed by atoms with Gasteiger partial charge in [-0.25, -0.2) is 13.8 Å². The molecule has 0 bridgehead atoms. The number of amides is 1. The zero-order valence-corrected chi connectivity index (χ0v) is 18.7. The van der Waals surface area contributed by atoms with Crippen LogP contribution in [0.3, 0.4) is 0 Å². The molecule has 0 aliphatic heterocycles. The van der Waals surface area contributed by atoms with Gasteiger partial charge in [0.1, 0.15) is 11.5 Å². The smallest absolute Gasteiger partial charge is 0.271 e. The number of carbonyl (C=O) groups excluding carboxylic acids is 1. The van der Waals surface area contributed by atoms with Crippen LogP contribution in [0.2, 0.25) is 0 Å². The van der Waals surface area contributed by atoms with Gasteiger partial charge in [0.2, 0.25) is 0 Å². The molecule has 1 N–H and O–H groups in total. The Morgan fingerprint density at radius 1 is 0.969 bits per heavy atom. The molecule has 0 unspecified atom stereocenters. The number of carbonyl (C=O) groups is 1. The lowest BCUT2D eigenvalue weighted by Gasteiger charge is -2.19. The number of hydrogen-bond acceptors (Lipinski definition) is 6. The summed E-state index contributed by atoms with van der Waals surface area (Å²) in [7, 11) is 0.855. The van der Waals surface area contributed by atoms with E-state index in [1.807, 2.05) is 0 Å². The van der Waals surface area contributed by atoms with Gasteiger partial charge in [-0.3, -0.25) is 9.10 Å². The van der Waals surface area contributed by atoms with Gasteiger partial charge in [0.05, 0.1) is 31.0 Å². The van der Waals surface area contributed by atoms with Crippen LogP contribution < -0.4 is 19.2 Å². The van der Waals surface area contributed by atoms with E-state index in [-0.39, 0.29) is 4.90 Å². The molecule has 0 aromatic heterocycles. The lowest BCUT2D eigenvalue weighted by Crippen LogP contribution is -2.26. The molecule has 0 saturated carbocycles. The topological polar surface area (TPSA) is 97.3 Å². The van der Waals surface area contributed by atoms with Crippen LogP contribution in [0.15, 0.2) is 82.8 Å². The van der Waals surface area contributed by atoms with Crippen molar-refractivity contribution >= 4 is 27.8 Å². The molecule has 0 saturated heterocycles. The molecule has 0 aliphatic carbocycles. The van der Waals surface area contributed by atoms with E-state index in [9.17, 15) is 13.2 Å². The minimum Gasteiger partial charge on any atom is -0.497 e. The molecular weight excluding hydrogens is 430 g/mol. The lowest BCUT2D eigenvalue weighted by molar-refractivity contribution is 0.0955. The van der Waals surface area contributed by atoms with E-state index in [1.54, 1.807) is 55.6 Å². The third kappa shape index (κ3) is 5.06. The van der Waals surface area contributed by atoms with E-state index in [0.29, 0.717) is 28.3 Å². The summed E-state index contributed by atoms with van der Waals surface area (Å²) in [6.45, 7) is 0. The van der Waals surface area contributed by atoms with Crippen LogP contribution in [0.25, 0.3) is 0 Å². The average molecular weight is 454 g/mol. The van der Waals surface area contributed by atoms with Gasteiger partial charge < -0.3 is 9.47 Å². The molecule has 166 valence electrons. The highest BCUT2D eigenvalue weighted by molar-refractivity contribution is 7.92. The Labute approximate surface area is 187 Å². The molecule has 8 nitrogen and oxygen atoms in total. The minimum absolute atomic E-state index is 0.187. The summed E-state index contributed by atoms with van der Waals surface area (Å²) in [5.41, 5.74) is 3.83. The van der Waals surface area contributed by atoms with Crippen LogP contribution in [-0.4, -0.2) is 41.8 Å². The van der Waals surface area contributed by atoms with Crippen molar-refractivity contribution in [3.8, 4) is 11.5 Å². The molecule has 0 fully saturated rings. The monoisotopic (exact) mass is 453 g/mol. The number of nitrogens with zero attached hydrogens (tertiary/aromatic N) is 2. The summed E-state index contributed by atoms with van der Waals surface area (Å²) in [6.07, 6.45) is 1.45. The highest BCUT2D eigenvalue weighted by atomic mass is 32.2. The maximum absolute atomic E-state index is 12.7. The maximum Gasteiger partial charge on any atom is 0.271 e. The number of hydrogen-bond donors (Lipinski definition) is 1. The van der Waals surface area contributed by atoms with Crippen LogP contribution in [0.4, 0.5) is 5.69 Å². The van der Waals surface area contributed by atoms with E-state index in [0.717, 1.165) is 4.31 Å². The van der Waals surface area contributed by atoms with E-state index in [1.165, 1.54) is 44.6 Å². The number of rotatable bonds is 8. The summed E-state index contributed by atoms with van der Waals surface area (Å²) < 4.78 is 37.1. The Morgan fingerprint density at radius 3 is 2.28 bits per heavy atom. The summed E-state index contributed by atoms with van der Waals surface area (Å²) in [5, 5.41) is 3.97. The van der Waals surface area contributed by atoms with Gasteiger partial charge >= 0.3 is 0 Å². The van der Waals surface area contributed by atoms with Crippen LogP contribution >= 0.6 is 0 Å². The number of methoxy groups -OCH3 is 2. The van der Waals surface area contributed by atoms with Crippen molar-refractivity contribution in [2.45, 2.75) is 4.90 Å². The first-order valence-corrected chi connectivity index (χ1v) is 11.0. The molecule has 0 spiro atoms. The number of hydrazone groups is 1. The van der Waals surface area contributed by atoms with Crippen molar-refractivity contribution < 1.29 is 22.7 Å². The van der Waals surface area contributed by atoms with E-state index in [4.69, 9.17) is 9.47 Å². The average Bonchev–Trinajstić information content (AvgIpc) is 2.84. The van der Waals surface area contributed by atoms with Crippen molar-refractivity contribution in [3.63, 3.8) is 0 Å². The van der Waals surface area contributed by atoms with Gasteiger partial charge in [0, 0.05) is 18.2 Å². The molecule has 3 rings (SSSR count). The van der Waals surface area contributed by atoms with Gasteiger partial charge in [-0.2, -0.15) is 5.10 Å². The third-order valence-electron chi connectivity index (χ3n) is 4.70. The SMILES string of the molecule is COc1ccc(OC)c(/C=N\NC(=O)c2ccc(N(C)S(=O)(=O)c3ccccc3)cc2)c1. The Morgan fingerprint density at radius 2 is 1.66 bits per heavy atom. The van der Waals surface area contributed by atoms with Crippen molar-refractivity contribution in [2.24, 2.45) is 5.10 Å². The fraction of sp³-hybridized carbons (Fsp3) is 0.130. The van der Waals surface area contributed by atoms with Gasteiger partial charge in [0.25, 0.3) is 15.9 Å². The van der Waals surface area contributed by atoms with Crippen LogP contribution in [0, 0.1) is 0 Å². The summed E-state index contributed by atoms with van der Waals surface area (Å²) in [5.74, 6) is 0.766. The highest BCUT2D eigenvalue weighted by Crippen LogP contribution is 2.23. The quantitative estimate of drug-likeness (QED) is 0.417. The van der Waals surface area contributed by atoms with Gasteiger partial charge in [-0.05, 0) is 54.6 Å². The first-order valence-electron chi connectivity index (χ1n) is 9.56. The fourth-order valence-electron chi connectivity index (χ4n) is 2.88. The van der Waals surface area contributed by atoms with Crippen molar-refractivity contribution in [2.75, 3.05) is 25.6 Å². The van der Waals surface area contributed by atoms with E-state index in [2.05, 4.69) is 10.5 Å². The van der Waals surface area contributed by atoms with Crippen LogP contribution in [-0.2, 0) is 10.0 Å². The van der Waals surface area contributed by atoms with E-state index < -0.39 is 15.9 Å². The normalized spacial score (nSPS) is 11.2. The summed E-state index contributed by atoms with van der Waals surface area (Å²) in [6, 6.07) is 19.5. The van der Waals surface area contributed by atoms with Gasteiger partial charge in [0.15, 0.2) is 0 Å². The maximum atomic E-state index is 12.7. The zero-order valence-electron chi connectivity index (χ0n) is 17.8. The first kappa shape index (κ1) is 22.8. The van der Waals surface area contributed by atoms with Gasteiger partial charge in [-0.15, -0.1) is 0 Å². The van der Waals surface area contributed by atoms with Crippen LogP contribution in [0.1, 0.15) is 15.9 Å². The van der Waals surface area contributed by atoms with Crippen molar-refractivity contribution in [1.29, 1.82) is 0 Å². The number of nitrogens with one attached hydrogen (secondary N) is 1. The predicted molar refractivity (Wildman–Crippen MR) is 123 cm³/mol. The molecule has 0 atom stereocenters. The minimum atomic E-state index is -3.70. The Balaban J connectivity index is 1.70. The van der Waals surface area contributed by atoms with Gasteiger partial charge in [-0.1, -0.05) is 18.2 Å². The van der Waals surface area contributed by atoms with Crippen LogP contribution in [0.5, 0.6) is 11.5 Å². The van der Waals surface area contributed by atoms with E-state index >= 15 is 0 Å². The zero-order chi connectivity index (χ0) is 23.1. The molecule has 3 aromatic carbocycles. The largest absolute Gasteiger partial charge is 0.497 e. The fourth-order valence-corrected chi connectivity index (χ4v) is 4.09. The Bertz CT molecular complexity index is 1210. The van der Waals surface area contributed by atoms with Crippen molar-refractivity contribution in [3.05, 3.63) is 83.9 Å². The molecule has 9 heteroatoms. The van der Waals surface area contributed by atoms with Crippen molar-refractivity contribution in [1.82, 2.24) is 5.43 Å². The number of ether oxygens (including phenoxy) is 2. The second kappa shape index (κ2) is 9.97. The summed E-state index contributed by atoms with van der Waals surface area (Å²) in [4.78, 5) is 12.6. The molecule has 0 heterocycles. The highest BCUT2D eigenvalue weighted by Gasteiger charge is 2.21. The third-order valence-corrected chi connectivity index (χ3v) is 6.50. The second-order valence-corrected chi connectivity index (χ2v) is 8.61. The predicted octanol–water partition coefficient (Wildman–Crippen LogP) is 3.29. The Kier molecular flexibility index (Phi) is 7.11. The lowest BCUT2D eigenvalue weighted by atomic mass is 10.2. The standard InChI is InChI=1S/C23H23N3O5S/c1-26(32(28,29)21-7-5-4-6-8-21)19-11-9-17(10-12-19)23(27)25-24-16-18-15-20(30-2)13-14-22(18)31-3/h4-16H,1-3H3,(H,25,27)/b24-16-. The molecule has 32 heavy (non-hydrogen) atoms. The molecule has 3 aromatic rings. The first-order chi connectivity index (χ1) is 15.4. The molecular formula is C23H23N3O5S. The Hall–Kier alpha value is -3.85. The summed E-state index contributed by atoms with van der Waals surface area (Å²) >= 11 is 0. The molecule has 1 amide bonds. The number of sulfonamides is 1. The molecule has 0 radical (unpaired) electrons.